The maximum Gasteiger partial charge on any atom is 0.322 e. The van der Waals surface area contributed by atoms with E-state index >= 15 is 0 Å². The van der Waals surface area contributed by atoms with E-state index in [9.17, 15) is 14.4 Å². The van der Waals surface area contributed by atoms with Crippen LogP contribution in [0.4, 0.5) is 0 Å². The van der Waals surface area contributed by atoms with Crippen LogP contribution < -0.4 is 11.1 Å². The summed E-state index contributed by atoms with van der Waals surface area (Å²) in [5.41, 5.74) is 4.05. The summed E-state index contributed by atoms with van der Waals surface area (Å²) in [7, 11) is 0. The molecule has 2 rings (SSSR count). The van der Waals surface area contributed by atoms with Crippen molar-refractivity contribution >= 4 is 17.8 Å². The molecular weight excluding hydrogens is 320 g/mol. The van der Waals surface area contributed by atoms with Crippen LogP contribution in [0.1, 0.15) is 39.2 Å². The molecule has 2 amide bonds. The molecule has 0 aliphatic heterocycles. The molecule has 0 saturated heterocycles. The van der Waals surface area contributed by atoms with Crippen molar-refractivity contribution in [1.82, 2.24) is 5.32 Å². The van der Waals surface area contributed by atoms with E-state index < -0.39 is 28.6 Å². The summed E-state index contributed by atoms with van der Waals surface area (Å²) in [5, 5.41) is 2.51. The molecule has 1 aromatic carbocycles. The van der Waals surface area contributed by atoms with Gasteiger partial charge in [0, 0.05) is 0 Å². The molecule has 1 aliphatic carbocycles. The van der Waals surface area contributed by atoms with Crippen molar-refractivity contribution in [2.24, 2.45) is 22.5 Å². The first-order valence-corrected chi connectivity index (χ1v) is 8.49. The van der Waals surface area contributed by atoms with Crippen LogP contribution in [0.5, 0.6) is 0 Å². The van der Waals surface area contributed by atoms with Gasteiger partial charge in [0.25, 0.3) is 0 Å². The van der Waals surface area contributed by atoms with Gasteiger partial charge >= 0.3 is 5.97 Å². The number of hydrogen-bond acceptors (Lipinski definition) is 4. The van der Waals surface area contributed by atoms with E-state index in [2.05, 4.69) is 5.32 Å². The van der Waals surface area contributed by atoms with Crippen LogP contribution in [0.2, 0.25) is 0 Å². The Morgan fingerprint density at radius 3 is 2.40 bits per heavy atom. The van der Waals surface area contributed by atoms with E-state index in [0.717, 1.165) is 12.0 Å². The van der Waals surface area contributed by atoms with Gasteiger partial charge in [0.1, 0.15) is 6.61 Å². The lowest BCUT2D eigenvalue weighted by atomic mass is 9.64. The van der Waals surface area contributed by atoms with Crippen LogP contribution in [0, 0.1) is 16.7 Å². The predicted octanol–water partition coefficient (Wildman–Crippen LogP) is 1.77. The van der Waals surface area contributed by atoms with E-state index in [1.165, 1.54) is 0 Å². The van der Waals surface area contributed by atoms with Gasteiger partial charge < -0.3 is 15.8 Å². The molecule has 6 heteroatoms. The van der Waals surface area contributed by atoms with Crippen LogP contribution in [0.15, 0.2) is 30.3 Å². The van der Waals surface area contributed by atoms with E-state index in [-0.39, 0.29) is 19.1 Å². The minimum absolute atomic E-state index is 0.106. The average molecular weight is 346 g/mol. The van der Waals surface area contributed by atoms with Crippen molar-refractivity contribution in [3.63, 3.8) is 0 Å². The molecule has 3 N–H and O–H groups in total. The Labute approximate surface area is 148 Å². The van der Waals surface area contributed by atoms with E-state index in [4.69, 9.17) is 10.5 Å². The van der Waals surface area contributed by atoms with Gasteiger partial charge in [0.05, 0.1) is 6.54 Å². The average Bonchev–Trinajstić information content (AvgIpc) is 2.82. The molecule has 1 saturated carbocycles. The van der Waals surface area contributed by atoms with Gasteiger partial charge in [-0.1, -0.05) is 51.1 Å². The monoisotopic (exact) mass is 346 g/mol. The number of amides is 2. The summed E-state index contributed by atoms with van der Waals surface area (Å²) in [6.07, 6.45) is 1.12. The summed E-state index contributed by atoms with van der Waals surface area (Å²) >= 11 is 0. The number of carbonyl (C=O) groups excluding carboxylic acids is 3. The molecule has 1 aliphatic rings. The predicted molar refractivity (Wildman–Crippen MR) is 93.1 cm³/mol. The van der Waals surface area contributed by atoms with Crippen molar-refractivity contribution in [2.75, 3.05) is 6.54 Å². The molecule has 0 bridgehead atoms. The Kier molecular flexibility index (Phi) is 5.50. The number of nitrogens with two attached hydrogens (primary N) is 1. The van der Waals surface area contributed by atoms with Gasteiger partial charge in [-0.2, -0.15) is 0 Å². The molecular formula is C19H26N2O4. The van der Waals surface area contributed by atoms with Crippen LogP contribution in [0.3, 0.4) is 0 Å². The quantitative estimate of drug-likeness (QED) is 0.606. The van der Waals surface area contributed by atoms with Crippen molar-refractivity contribution in [2.45, 2.75) is 40.2 Å². The van der Waals surface area contributed by atoms with Gasteiger partial charge in [-0.05, 0) is 29.7 Å². The Hall–Kier alpha value is -2.37. The zero-order chi connectivity index (χ0) is 18.7. The highest BCUT2D eigenvalue weighted by atomic mass is 16.5. The molecule has 0 radical (unpaired) electrons. The highest BCUT2D eigenvalue weighted by molar-refractivity contribution is 6.05. The Balaban J connectivity index is 2.24. The summed E-state index contributed by atoms with van der Waals surface area (Å²) in [5.74, 6) is -1.52. The number of carbonyl (C=O) groups is 3. The van der Waals surface area contributed by atoms with E-state index in [1.807, 2.05) is 51.1 Å². The number of ether oxygens (including phenoxy) is 1. The fourth-order valence-electron chi connectivity index (χ4n) is 3.57. The Bertz CT molecular complexity index is 657. The third-order valence-electron chi connectivity index (χ3n) is 5.66. The van der Waals surface area contributed by atoms with Crippen molar-refractivity contribution in [1.29, 1.82) is 0 Å². The molecule has 2 atom stereocenters. The van der Waals surface area contributed by atoms with Crippen molar-refractivity contribution < 1.29 is 19.1 Å². The third-order valence-corrected chi connectivity index (χ3v) is 5.66. The second kappa shape index (κ2) is 7.25. The zero-order valence-electron chi connectivity index (χ0n) is 15.0. The number of esters is 1. The lowest BCUT2D eigenvalue weighted by molar-refractivity contribution is -0.170. The first-order valence-electron chi connectivity index (χ1n) is 8.49. The summed E-state index contributed by atoms with van der Waals surface area (Å²) < 4.78 is 5.51. The first kappa shape index (κ1) is 19.0. The number of nitrogens with one attached hydrogen (secondary N) is 1. The minimum atomic E-state index is -1.32. The zero-order valence-corrected chi connectivity index (χ0v) is 15.0. The second-order valence-electron chi connectivity index (χ2n) is 7.28. The number of hydrogen-bond donors (Lipinski definition) is 2. The minimum Gasteiger partial charge on any atom is -0.460 e. The van der Waals surface area contributed by atoms with Gasteiger partial charge in [0.2, 0.25) is 11.8 Å². The van der Waals surface area contributed by atoms with E-state index in [1.54, 1.807) is 0 Å². The van der Waals surface area contributed by atoms with Crippen LogP contribution in [-0.4, -0.2) is 24.3 Å². The Morgan fingerprint density at radius 1 is 1.24 bits per heavy atom. The molecule has 0 aromatic heterocycles. The molecule has 25 heavy (non-hydrogen) atoms. The molecule has 0 spiro atoms. The van der Waals surface area contributed by atoms with Crippen LogP contribution in [0.25, 0.3) is 0 Å². The van der Waals surface area contributed by atoms with E-state index in [0.29, 0.717) is 6.42 Å². The van der Waals surface area contributed by atoms with Gasteiger partial charge in [-0.15, -0.1) is 0 Å². The summed E-state index contributed by atoms with van der Waals surface area (Å²) in [4.78, 5) is 36.9. The molecule has 136 valence electrons. The van der Waals surface area contributed by atoms with Gasteiger partial charge in [-0.3, -0.25) is 14.4 Å². The highest BCUT2D eigenvalue weighted by Crippen LogP contribution is 2.56. The lowest BCUT2D eigenvalue weighted by Crippen LogP contribution is -2.55. The standard InChI is InChI=1S/C19H26N2O4/c1-13-9-10-19(18(13,2)3,16(23)21-11-15(20)22)17(24)25-12-14-7-5-4-6-8-14/h4-8,13H,9-12H2,1-3H3,(H2,20,22)(H,21,23)/t13-,19-/m0/s1. The highest BCUT2D eigenvalue weighted by Gasteiger charge is 2.63. The van der Waals surface area contributed by atoms with Crippen molar-refractivity contribution in [3.8, 4) is 0 Å². The fourth-order valence-corrected chi connectivity index (χ4v) is 3.57. The maximum absolute atomic E-state index is 13.0. The van der Waals surface area contributed by atoms with Crippen molar-refractivity contribution in [3.05, 3.63) is 35.9 Å². The summed E-state index contributed by atoms with van der Waals surface area (Å²) in [6.45, 7) is 5.64. The van der Waals surface area contributed by atoms with Gasteiger partial charge in [-0.25, -0.2) is 0 Å². The largest absolute Gasteiger partial charge is 0.460 e. The third kappa shape index (κ3) is 3.52. The molecule has 1 fully saturated rings. The first-order chi connectivity index (χ1) is 11.7. The smallest absolute Gasteiger partial charge is 0.322 e. The second-order valence-corrected chi connectivity index (χ2v) is 7.28. The SMILES string of the molecule is C[C@H]1CC[C@](C(=O)NCC(N)=O)(C(=O)OCc2ccccc2)C1(C)C. The fraction of sp³-hybridized carbons (Fsp3) is 0.526. The summed E-state index contributed by atoms with van der Waals surface area (Å²) in [6, 6.07) is 9.32. The normalized spacial score (nSPS) is 24.5. The Morgan fingerprint density at radius 2 is 1.88 bits per heavy atom. The molecule has 6 nitrogen and oxygen atoms in total. The number of primary amides is 1. The number of rotatable bonds is 6. The molecule has 0 heterocycles. The van der Waals surface area contributed by atoms with Crippen LogP contribution in [-0.2, 0) is 25.7 Å². The number of benzene rings is 1. The lowest BCUT2D eigenvalue weighted by Gasteiger charge is -2.39. The van der Waals surface area contributed by atoms with Gasteiger partial charge in [0.15, 0.2) is 5.41 Å². The molecule has 0 unspecified atom stereocenters. The topological polar surface area (TPSA) is 98.5 Å². The maximum atomic E-state index is 13.0. The molecule has 1 aromatic rings. The van der Waals surface area contributed by atoms with Crippen LogP contribution >= 0.6 is 0 Å².